The quantitative estimate of drug-likeness (QED) is 0.653. The maximum atomic E-state index is 11.9. The van der Waals surface area contributed by atoms with E-state index in [9.17, 15) is 14.4 Å². The first-order valence-corrected chi connectivity index (χ1v) is 6.44. The third-order valence-corrected chi connectivity index (χ3v) is 3.24. The lowest BCUT2D eigenvalue weighted by Crippen LogP contribution is -2.48. The van der Waals surface area contributed by atoms with Crippen molar-refractivity contribution in [3.8, 4) is 0 Å². The molecule has 1 fully saturated rings. The van der Waals surface area contributed by atoms with Crippen molar-refractivity contribution in [1.82, 2.24) is 10.2 Å². The zero-order chi connectivity index (χ0) is 14.4. The highest BCUT2D eigenvalue weighted by atomic mass is 16.4. The van der Waals surface area contributed by atoms with Crippen molar-refractivity contribution >= 4 is 17.9 Å². The number of likely N-dealkylation sites (tertiary alicyclic amines) is 1. The van der Waals surface area contributed by atoms with Gasteiger partial charge < -0.3 is 21.1 Å². The molecule has 4 N–H and O–H groups in total. The fourth-order valence-corrected chi connectivity index (χ4v) is 2.14. The molecule has 0 bridgehead atoms. The number of hydrogen-bond acceptors (Lipinski definition) is 3. The highest BCUT2D eigenvalue weighted by Crippen LogP contribution is 2.15. The maximum Gasteiger partial charge on any atom is 0.317 e. The van der Waals surface area contributed by atoms with E-state index in [-0.39, 0.29) is 30.2 Å². The number of carboxylic acid groups (broad SMARTS) is 1. The fourth-order valence-electron chi connectivity index (χ4n) is 2.14. The van der Waals surface area contributed by atoms with E-state index >= 15 is 0 Å². The lowest BCUT2D eigenvalue weighted by molar-refractivity contribution is -0.138. The Morgan fingerprint density at radius 3 is 2.74 bits per heavy atom. The Morgan fingerprint density at radius 2 is 2.16 bits per heavy atom. The van der Waals surface area contributed by atoms with Gasteiger partial charge in [-0.25, -0.2) is 4.79 Å². The molecular weight excluding hydrogens is 250 g/mol. The molecule has 0 saturated carbocycles. The number of aliphatic carboxylic acids is 1. The van der Waals surface area contributed by atoms with E-state index < -0.39 is 5.97 Å². The number of piperidine rings is 1. The van der Waals surface area contributed by atoms with Crippen LogP contribution in [0.2, 0.25) is 0 Å². The van der Waals surface area contributed by atoms with Crippen LogP contribution in [0.1, 0.15) is 26.2 Å². The summed E-state index contributed by atoms with van der Waals surface area (Å²) in [7, 11) is 0. The molecule has 19 heavy (non-hydrogen) atoms. The Labute approximate surface area is 112 Å². The van der Waals surface area contributed by atoms with Crippen molar-refractivity contribution in [2.45, 2.75) is 26.2 Å². The minimum absolute atomic E-state index is 0.0180. The van der Waals surface area contributed by atoms with Crippen LogP contribution in [-0.2, 0) is 9.59 Å². The van der Waals surface area contributed by atoms with Gasteiger partial charge in [-0.05, 0) is 18.8 Å². The van der Waals surface area contributed by atoms with Gasteiger partial charge in [0.05, 0.1) is 5.92 Å². The number of carboxylic acids is 1. The Hall–Kier alpha value is -1.79. The molecule has 1 aliphatic heterocycles. The second-order valence-corrected chi connectivity index (χ2v) is 5.08. The minimum atomic E-state index is -0.881. The van der Waals surface area contributed by atoms with E-state index in [0.29, 0.717) is 26.1 Å². The maximum absolute atomic E-state index is 11.9. The zero-order valence-corrected chi connectivity index (χ0v) is 11.1. The van der Waals surface area contributed by atoms with E-state index in [0.717, 1.165) is 6.42 Å². The number of amides is 3. The highest BCUT2D eigenvalue weighted by molar-refractivity contribution is 5.79. The fraction of sp³-hybridized carbons (Fsp3) is 0.750. The summed E-state index contributed by atoms with van der Waals surface area (Å²) in [6.45, 7) is 3.01. The molecule has 3 amide bonds. The number of hydrogen-bond donors (Lipinski definition) is 3. The summed E-state index contributed by atoms with van der Waals surface area (Å²) in [6, 6.07) is -0.261. The third-order valence-electron chi connectivity index (χ3n) is 3.24. The lowest BCUT2D eigenvalue weighted by atomic mass is 9.98. The van der Waals surface area contributed by atoms with Crippen molar-refractivity contribution in [2.24, 2.45) is 17.6 Å². The molecular formula is C12H21N3O4. The molecule has 7 nitrogen and oxygen atoms in total. The van der Waals surface area contributed by atoms with Crippen molar-refractivity contribution in [3.05, 3.63) is 0 Å². The zero-order valence-electron chi connectivity index (χ0n) is 11.1. The number of primary amides is 1. The smallest absolute Gasteiger partial charge is 0.317 e. The average Bonchev–Trinajstić information content (AvgIpc) is 2.35. The predicted molar refractivity (Wildman–Crippen MR) is 68.3 cm³/mol. The average molecular weight is 271 g/mol. The van der Waals surface area contributed by atoms with Crippen LogP contribution in [0.25, 0.3) is 0 Å². The number of nitrogens with two attached hydrogens (primary N) is 1. The van der Waals surface area contributed by atoms with Gasteiger partial charge in [-0.3, -0.25) is 9.59 Å². The topological polar surface area (TPSA) is 113 Å². The summed E-state index contributed by atoms with van der Waals surface area (Å²) in [5.41, 5.74) is 5.24. The second kappa shape index (κ2) is 6.96. The van der Waals surface area contributed by atoms with Crippen molar-refractivity contribution in [1.29, 1.82) is 0 Å². The second-order valence-electron chi connectivity index (χ2n) is 5.08. The van der Waals surface area contributed by atoms with Crippen molar-refractivity contribution < 1.29 is 19.5 Å². The molecule has 7 heteroatoms. The van der Waals surface area contributed by atoms with Gasteiger partial charge >= 0.3 is 12.0 Å². The monoisotopic (exact) mass is 271 g/mol. The molecule has 1 saturated heterocycles. The normalized spacial score (nSPS) is 20.7. The van der Waals surface area contributed by atoms with E-state index in [1.807, 2.05) is 0 Å². The molecule has 1 heterocycles. The van der Waals surface area contributed by atoms with Crippen LogP contribution in [0.4, 0.5) is 4.79 Å². The summed E-state index contributed by atoms with van der Waals surface area (Å²) >= 11 is 0. The third kappa shape index (κ3) is 5.15. The first kappa shape index (κ1) is 15.3. The summed E-state index contributed by atoms with van der Waals surface area (Å²) in [4.78, 5) is 35.0. The minimum Gasteiger partial charge on any atom is -0.481 e. The first-order chi connectivity index (χ1) is 8.90. The van der Waals surface area contributed by atoms with Gasteiger partial charge in [0.15, 0.2) is 0 Å². The van der Waals surface area contributed by atoms with Crippen LogP contribution in [0.15, 0.2) is 0 Å². The number of urea groups is 1. The van der Waals surface area contributed by atoms with Crippen LogP contribution < -0.4 is 11.1 Å². The summed E-state index contributed by atoms with van der Waals surface area (Å²) in [5.74, 6) is -1.67. The SMILES string of the molecule is CC(CNC(=O)N1CCCC(C(N)=O)C1)CC(=O)O. The van der Waals surface area contributed by atoms with Gasteiger partial charge in [-0.2, -0.15) is 0 Å². The van der Waals surface area contributed by atoms with E-state index in [2.05, 4.69) is 5.32 Å². The Bertz CT molecular complexity index is 359. The van der Waals surface area contributed by atoms with Gasteiger partial charge in [-0.1, -0.05) is 6.92 Å². The van der Waals surface area contributed by atoms with Crippen LogP contribution in [0, 0.1) is 11.8 Å². The van der Waals surface area contributed by atoms with E-state index in [4.69, 9.17) is 10.8 Å². The number of carbonyl (C=O) groups is 3. The molecule has 0 aromatic carbocycles. The number of rotatable bonds is 5. The van der Waals surface area contributed by atoms with E-state index in [1.54, 1.807) is 11.8 Å². The molecule has 0 aromatic rings. The Kier molecular flexibility index (Phi) is 5.59. The molecule has 0 spiro atoms. The van der Waals surface area contributed by atoms with Gasteiger partial charge in [0.1, 0.15) is 0 Å². The van der Waals surface area contributed by atoms with Gasteiger partial charge in [-0.15, -0.1) is 0 Å². The Balaban J connectivity index is 2.36. The molecule has 2 atom stereocenters. The van der Waals surface area contributed by atoms with Crippen LogP contribution in [-0.4, -0.2) is 47.5 Å². The number of carbonyl (C=O) groups excluding carboxylic acids is 2. The van der Waals surface area contributed by atoms with Crippen molar-refractivity contribution in [3.63, 3.8) is 0 Å². The number of nitrogens with one attached hydrogen (secondary N) is 1. The van der Waals surface area contributed by atoms with Gasteiger partial charge in [0, 0.05) is 26.1 Å². The largest absolute Gasteiger partial charge is 0.481 e. The standard InChI is InChI=1S/C12H21N3O4/c1-8(5-10(16)17)6-14-12(19)15-4-2-3-9(7-15)11(13)18/h8-9H,2-7H2,1H3,(H2,13,18)(H,14,19)(H,16,17). The molecule has 0 aromatic heterocycles. The van der Waals surface area contributed by atoms with Crippen LogP contribution in [0.5, 0.6) is 0 Å². The number of nitrogens with zero attached hydrogens (tertiary/aromatic N) is 1. The molecule has 108 valence electrons. The summed E-state index contributed by atoms with van der Waals surface area (Å²) in [5, 5.41) is 11.3. The van der Waals surface area contributed by atoms with Gasteiger partial charge in [0.25, 0.3) is 0 Å². The lowest BCUT2D eigenvalue weighted by Gasteiger charge is -2.31. The predicted octanol–water partition coefficient (Wildman–Crippen LogP) is 0.00410. The summed E-state index contributed by atoms with van der Waals surface area (Å²) in [6.07, 6.45) is 1.49. The van der Waals surface area contributed by atoms with Gasteiger partial charge in [0.2, 0.25) is 5.91 Å². The summed E-state index contributed by atoms with van der Waals surface area (Å²) < 4.78 is 0. The molecule has 1 aliphatic rings. The molecule has 0 radical (unpaired) electrons. The van der Waals surface area contributed by atoms with Crippen LogP contribution >= 0.6 is 0 Å². The molecule has 0 aliphatic carbocycles. The highest BCUT2D eigenvalue weighted by Gasteiger charge is 2.26. The first-order valence-electron chi connectivity index (χ1n) is 6.44. The molecule has 1 rings (SSSR count). The van der Waals surface area contributed by atoms with E-state index in [1.165, 1.54) is 0 Å². The van der Waals surface area contributed by atoms with Crippen LogP contribution in [0.3, 0.4) is 0 Å². The van der Waals surface area contributed by atoms with Crippen molar-refractivity contribution in [2.75, 3.05) is 19.6 Å². The Morgan fingerprint density at radius 1 is 1.47 bits per heavy atom. The molecule has 2 unspecified atom stereocenters.